The van der Waals surface area contributed by atoms with Gasteiger partial charge in [0.05, 0.1) is 10.5 Å². The van der Waals surface area contributed by atoms with Gasteiger partial charge >= 0.3 is 5.97 Å². The maximum absolute atomic E-state index is 12.6. The van der Waals surface area contributed by atoms with E-state index in [0.29, 0.717) is 16.5 Å². The largest absolute Gasteiger partial charge is 0.452 e. The molecule has 0 aliphatic heterocycles. The number of non-ortho nitro benzene ring substituents is 1. The molecule has 2 N–H and O–H groups in total. The summed E-state index contributed by atoms with van der Waals surface area (Å²) in [6, 6.07) is 12.3. The van der Waals surface area contributed by atoms with Crippen molar-refractivity contribution in [2.45, 2.75) is 13.5 Å². The first-order valence-corrected chi connectivity index (χ1v) is 9.37. The Morgan fingerprint density at radius 1 is 1.23 bits per heavy atom. The third-order valence-electron chi connectivity index (χ3n) is 4.09. The number of carbonyl (C=O) groups excluding carboxylic acids is 2. The van der Waals surface area contributed by atoms with Crippen molar-refractivity contribution in [3.8, 4) is 0 Å². The molecule has 0 saturated carbocycles. The highest BCUT2D eigenvalue weighted by molar-refractivity contribution is 6.31. The lowest BCUT2D eigenvalue weighted by molar-refractivity contribution is -0.384. The molecule has 11 heteroatoms. The summed E-state index contributed by atoms with van der Waals surface area (Å²) in [5.41, 5.74) is 0.677. The van der Waals surface area contributed by atoms with Crippen LogP contribution in [0, 0.1) is 17.0 Å². The van der Waals surface area contributed by atoms with Gasteiger partial charge in [0, 0.05) is 35.5 Å². The molecule has 0 unspecified atom stereocenters. The van der Waals surface area contributed by atoms with Gasteiger partial charge in [-0.05, 0) is 24.6 Å². The fourth-order valence-corrected chi connectivity index (χ4v) is 2.82. The van der Waals surface area contributed by atoms with Crippen LogP contribution in [0.4, 0.5) is 17.2 Å². The highest BCUT2D eigenvalue weighted by Gasteiger charge is 2.19. The van der Waals surface area contributed by atoms with Crippen LogP contribution in [0.25, 0.3) is 0 Å². The van der Waals surface area contributed by atoms with Gasteiger partial charge in [0.1, 0.15) is 5.76 Å². The molecule has 0 aliphatic rings. The summed E-state index contributed by atoms with van der Waals surface area (Å²) in [4.78, 5) is 35.0. The van der Waals surface area contributed by atoms with Crippen molar-refractivity contribution in [1.29, 1.82) is 0 Å². The summed E-state index contributed by atoms with van der Waals surface area (Å²) in [6.45, 7) is 1.31. The Labute approximate surface area is 181 Å². The Balaban J connectivity index is 1.71. The molecule has 0 saturated heterocycles. The maximum Gasteiger partial charge on any atom is 0.341 e. The van der Waals surface area contributed by atoms with E-state index in [1.807, 2.05) is 6.07 Å². The minimum Gasteiger partial charge on any atom is -0.452 e. The van der Waals surface area contributed by atoms with E-state index < -0.39 is 23.4 Å². The maximum atomic E-state index is 12.6. The second-order valence-electron chi connectivity index (χ2n) is 6.38. The molecule has 0 bridgehead atoms. The lowest BCUT2D eigenvalue weighted by atomic mass is 10.1. The molecule has 0 fully saturated rings. The van der Waals surface area contributed by atoms with Crippen LogP contribution >= 0.6 is 11.6 Å². The molecule has 2 aromatic carbocycles. The number of halogens is 1. The smallest absolute Gasteiger partial charge is 0.341 e. The van der Waals surface area contributed by atoms with Crippen LogP contribution in [0.5, 0.6) is 0 Å². The molecule has 1 aromatic heterocycles. The zero-order valence-electron chi connectivity index (χ0n) is 16.3. The van der Waals surface area contributed by atoms with Crippen LogP contribution in [0.2, 0.25) is 5.02 Å². The second-order valence-corrected chi connectivity index (χ2v) is 6.79. The third-order valence-corrected chi connectivity index (χ3v) is 4.46. The number of aryl methyl sites for hydroxylation is 1. The molecular formula is C20H17ClN4O6. The van der Waals surface area contributed by atoms with Crippen LogP contribution < -0.4 is 10.6 Å². The van der Waals surface area contributed by atoms with Gasteiger partial charge in [0.2, 0.25) is 0 Å². The number of nitrogens with zero attached hydrogens (tertiary/aromatic N) is 2. The first-order valence-electron chi connectivity index (χ1n) is 8.99. The predicted molar refractivity (Wildman–Crippen MR) is 112 cm³/mol. The number of anilines is 2. The first-order chi connectivity index (χ1) is 14.8. The van der Waals surface area contributed by atoms with Crippen LogP contribution in [-0.4, -0.2) is 28.6 Å². The Hall–Kier alpha value is -3.92. The molecule has 1 amide bonds. The van der Waals surface area contributed by atoms with Gasteiger partial charge in [-0.1, -0.05) is 35.0 Å². The predicted octanol–water partition coefficient (Wildman–Crippen LogP) is 3.95. The Morgan fingerprint density at radius 3 is 2.68 bits per heavy atom. The normalized spacial score (nSPS) is 10.4. The zero-order valence-corrected chi connectivity index (χ0v) is 17.0. The number of rotatable bonds is 8. The molecule has 31 heavy (non-hydrogen) atoms. The first kappa shape index (κ1) is 21.8. The summed E-state index contributed by atoms with van der Waals surface area (Å²) in [6.07, 6.45) is 0. The average molecular weight is 445 g/mol. The Morgan fingerprint density at radius 2 is 2.00 bits per heavy atom. The van der Waals surface area contributed by atoms with Gasteiger partial charge in [-0.25, -0.2) is 4.79 Å². The molecule has 0 spiro atoms. The highest BCUT2D eigenvalue weighted by atomic mass is 35.5. The Bertz CT molecular complexity index is 1130. The molecular weight excluding hydrogens is 428 g/mol. The molecule has 3 rings (SSSR count). The molecule has 160 valence electrons. The molecule has 3 aromatic rings. The molecule has 0 radical (unpaired) electrons. The molecule has 10 nitrogen and oxygen atoms in total. The van der Waals surface area contributed by atoms with E-state index in [1.54, 1.807) is 25.1 Å². The van der Waals surface area contributed by atoms with Crippen molar-refractivity contribution >= 4 is 40.7 Å². The second kappa shape index (κ2) is 9.72. The van der Waals surface area contributed by atoms with Gasteiger partial charge in [0.25, 0.3) is 11.6 Å². The third kappa shape index (κ3) is 5.80. The number of carbonyl (C=O) groups is 2. The monoisotopic (exact) mass is 444 g/mol. The number of amides is 1. The van der Waals surface area contributed by atoms with Crippen LogP contribution in [0.3, 0.4) is 0 Å². The van der Waals surface area contributed by atoms with Crippen LogP contribution in [0.1, 0.15) is 21.7 Å². The van der Waals surface area contributed by atoms with Crippen molar-refractivity contribution < 1.29 is 23.8 Å². The molecule has 0 aliphatic carbocycles. The van der Waals surface area contributed by atoms with Crippen molar-refractivity contribution in [2.24, 2.45) is 0 Å². The summed E-state index contributed by atoms with van der Waals surface area (Å²) >= 11 is 6.13. The van der Waals surface area contributed by atoms with E-state index in [2.05, 4.69) is 15.8 Å². The summed E-state index contributed by atoms with van der Waals surface area (Å²) in [5, 5.41) is 20.7. The van der Waals surface area contributed by atoms with Crippen molar-refractivity contribution in [2.75, 3.05) is 17.2 Å². The lowest BCUT2D eigenvalue weighted by Gasteiger charge is -2.12. The lowest BCUT2D eigenvalue weighted by Crippen LogP contribution is -2.21. The fraction of sp³-hybridized carbons (Fsp3) is 0.150. The quantitative estimate of drug-likeness (QED) is 0.302. The minimum atomic E-state index is -0.906. The molecule has 0 atom stereocenters. The highest BCUT2D eigenvalue weighted by Crippen LogP contribution is 2.25. The number of ether oxygens (including phenoxy) is 1. The Kier molecular flexibility index (Phi) is 6.83. The minimum absolute atomic E-state index is 0.0914. The summed E-state index contributed by atoms with van der Waals surface area (Å²) in [7, 11) is 0. The number of hydrogen-bond acceptors (Lipinski definition) is 8. The van der Waals surface area contributed by atoms with Crippen LogP contribution in [0.15, 0.2) is 53.1 Å². The van der Waals surface area contributed by atoms with Gasteiger partial charge in [-0.2, -0.15) is 0 Å². The number of hydrogen-bond donors (Lipinski definition) is 2. The van der Waals surface area contributed by atoms with Crippen LogP contribution in [-0.2, 0) is 16.1 Å². The average Bonchev–Trinajstić information content (AvgIpc) is 3.15. The SMILES string of the molecule is Cc1cc(NC(=O)COC(=O)c2cc([N+](=O)[O-])ccc2NCc2ccccc2Cl)no1. The van der Waals surface area contributed by atoms with Crippen molar-refractivity contribution in [3.63, 3.8) is 0 Å². The van der Waals surface area contributed by atoms with E-state index >= 15 is 0 Å². The number of aromatic nitrogens is 1. The van der Waals surface area contributed by atoms with Crippen molar-refractivity contribution in [1.82, 2.24) is 5.16 Å². The van der Waals surface area contributed by atoms with Gasteiger partial charge in [0.15, 0.2) is 12.4 Å². The van der Waals surface area contributed by atoms with E-state index in [-0.39, 0.29) is 23.6 Å². The number of nitro groups is 1. The zero-order chi connectivity index (χ0) is 22.4. The van der Waals surface area contributed by atoms with Gasteiger partial charge in [-0.15, -0.1) is 0 Å². The number of nitro benzene ring substituents is 1. The fourth-order valence-electron chi connectivity index (χ4n) is 2.61. The van der Waals surface area contributed by atoms with E-state index in [4.69, 9.17) is 20.9 Å². The van der Waals surface area contributed by atoms with Gasteiger partial charge < -0.3 is 19.9 Å². The number of nitrogens with one attached hydrogen (secondary N) is 2. The van der Waals surface area contributed by atoms with Crippen molar-refractivity contribution in [3.05, 3.63) is 80.6 Å². The summed E-state index contributed by atoms with van der Waals surface area (Å²) in [5.74, 6) is -0.872. The standard InChI is InChI=1S/C20H17ClN4O6/c1-12-8-18(24-31-12)23-19(26)11-30-20(27)15-9-14(25(28)29)6-7-17(15)22-10-13-4-2-3-5-16(13)21/h2-9,22H,10-11H2,1H3,(H,23,24,26). The number of benzene rings is 2. The van der Waals surface area contributed by atoms with Gasteiger partial charge in [-0.3, -0.25) is 14.9 Å². The van der Waals surface area contributed by atoms with E-state index in [0.717, 1.165) is 11.6 Å². The van der Waals surface area contributed by atoms with E-state index in [9.17, 15) is 19.7 Å². The topological polar surface area (TPSA) is 137 Å². The summed E-state index contributed by atoms with van der Waals surface area (Å²) < 4.78 is 9.85. The molecule has 1 heterocycles. The van der Waals surface area contributed by atoms with E-state index in [1.165, 1.54) is 18.2 Å². The number of esters is 1.